The van der Waals surface area contributed by atoms with Crippen molar-refractivity contribution in [3.8, 4) is 0 Å². The first-order chi connectivity index (χ1) is 14.9. The molecule has 1 aliphatic carbocycles. The third-order valence-corrected chi connectivity index (χ3v) is 7.70. The molecule has 0 bridgehead atoms. The number of hydrogen-bond donors (Lipinski definition) is 0. The van der Waals surface area contributed by atoms with E-state index in [1.54, 1.807) is 30.5 Å². The molecule has 0 aliphatic heterocycles. The first-order valence-electron chi connectivity index (χ1n) is 10.4. The van der Waals surface area contributed by atoms with Crippen molar-refractivity contribution in [3.05, 3.63) is 77.1 Å². The Labute approximate surface area is 181 Å². The van der Waals surface area contributed by atoms with Crippen LogP contribution in [0.4, 0.5) is 0 Å². The van der Waals surface area contributed by atoms with Gasteiger partial charge >= 0.3 is 0 Å². The number of sulfonamides is 1. The van der Waals surface area contributed by atoms with Gasteiger partial charge in [0.2, 0.25) is 10.0 Å². The molecule has 0 fully saturated rings. The van der Waals surface area contributed by atoms with Gasteiger partial charge in [0.1, 0.15) is 10.7 Å². The SMILES string of the molecule is Cc1ccc2cccc(S(=O)(=O)N(Cc3ccco3)Cc3nn(C)c4c3CCC4)c2n1. The molecule has 160 valence electrons. The van der Waals surface area contributed by atoms with Crippen molar-refractivity contribution in [3.63, 3.8) is 0 Å². The van der Waals surface area contributed by atoms with Crippen LogP contribution in [0, 0.1) is 6.92 Å². The average Bonchev–Trinajstić information content (AvgIpc) is 3.48. The van der Waals surface area contributed by atoms with E-state index in [1.165, 1.54) is 15.6 Å². The lowest BCUT2D eigenvalue weighted by Crippen LogP contribution is -2.31. The van der Waals surface area contributed by atoms with Crippen LogP contribution in [-0.4, -0.2) is 27.5 Å². The molecule has 0 spiro atoms. The molecule has 0 saturated heterocycles. The molecule has 0 N–H and O–H groups in total. The Balaban J connectivity index is 1.61. The Kier molecular flexibility index (Phi) is 4.91. The Morgan fingerprint density at radius 3 is 2.77 bits per heavy atom. The summed E-state index contributed by atoms with van der Waals surface area (Å²) in [5.41, 5.74) is 4.45. The summed E-state index contributed by atoms with van der Waals surface area (Å²) < 4.78 is 36.6. The van der Waals surface area contributed by atoms with E-state index in [0.717, 1.165) is 36.0 Å². The zero-order chi connectivity index (χ0) is 21.6. The standard InChI is InChI=1S/C23H24N4O3S/c1-16-11-12-17-6-3-10-22(23(17)24-16)31(28,29)27(14-18-7-5-13-30-18)15-20-19-8-4-9-21(19)26(2)25-20/h3,5-7,10-13H,4,8-9,14-15H2,1-2H3. The number of aryl methyl sites for hydroxylation is 2. The van der Waals surface area contributed by atoms with Crippen LogP contribution in [0.2, 0.25) is 0 Å². The van der Waals surface area contributed by atoms with E-state index in [9.17, 15) is 8.42 Å². The molecule has 3 heterocycles. The van der Waals surface area contributed by atoms with Crippen LogP contribution in [0.25, 0.3) is 10.9 Å². The molecule has 3 aromatic heterocycles. The summed E-state index contributed by atoms with van der Waals surface area (Å²) in [5.74, 6) is 0.584. The lowest BCUT2D eigenvalue weighted by atomic mass is 10.2. The van der Waals surface area contributed by atoms with E-state index in [2.05, 4.69) is 10.1 Å². The number of aromatic nitrogens is 3. The molecular weight excluding hydrogens is 412 g/mol. The third kappa shape index (κ3) is 3.55. The molecule has 7 nitrogen and oxygen atoms in total. The molecule has 8 heteroatoms. The fourth-order valence-corrected chi connectivity index (χ4v) is 5.88. The first kappa shape index (κ1) is 20.0. The summed E-state index contributed by atoms with van der Waals surface area (Å²) in [7, 11) is -1.94. The quantitative estimate of drug-likeness (QED) is 0.460. The lowest BCUT2D eigenvalue weighted by molar-refractivity contribution is 0.354. The number of rotatable bonds is 6. The van der Waals surface area contributed by atoms with Gasteiger partial charge < -0.3 is 4.42 Å². The number of furan rings is 1. The molecule has 1 aliphatic rings. The van der Waals surface area contributed by atoms with Crippen molar-refractivity contribution in [2.45, 2.75) is 44.2 Å². The van der Waals surface area contributed by atoms with E-state index in [1.807, 2.05) is 36.9 Å². The summed E-state index contributed by atoms with van der Waals surface area (Å²) in [5, 5.41) is 5.44. The maximum atomic E-state index is 13.9. The summed E-state index contributed by atoms with van der Waals surface area (Å²) in [6.07, 6.45) is 4.55. The van der Waals surface area contributed by atoms with Crippen LogP contribution in [0.3, 0.4) is 0 Å². The molecule has 31 heavy (non-hydrogen) atoms. The van der Waals surface area contributed by atoms with Crippen LogP contribution in [0.15, 0.2) is 58.0 Å². The maximum absolute atomic E-state index is 13.9. The first-order valence-corrected chi connectivity index (χ1v) is 11.8. The zero-order valence-electron chi connectivity index (χ0n) is 17.6. The number of nitrogens with zero attached hydrogens (tertiary/aromatic N) is 4. The number of hydrogen-bond acceptors (Lipinski definition) is 5. The third-order valence-electron chi connectivity index (χ3n) is 5.88. The van der Waals surface area contributed by atoms with E-state index in [-0.39, 0.29) is 18.0 Å². The Morgan fingerprint density at radius 1 is 1.10 bits per heavy atom. The minimum Gasteiger partial charge on any atom is -0.468 e. The van der Waals surface area contributed by atoms with Crippen molar-refractivity contribution >= 4 is 20.9 Å². The fraction of sp³-hybridized carbons (Fsp3) is 0.304. The summed E-state index contributed by atoms with van der Waals surface area (Å²) in [6.45, 7) is 2.18. The second-order valence-corrected chi connectivity index (χ2v) is 9.89. The second-order valence-electron chi connectivity index (χ2n) is 7.98. The van der Waals surface area contributed by atoms with Crippen molar-refractivity contribution in [2.24, 2.45) is 7.05 Å². The van der Waals surface area contributed by atoms with Gasteiger partial charge in [-0.05, 0) is 56.0 Å². The minimum absolute atomic E-state index is 0.128. The number of benzene rings is 1. The molecule has 0 saturated carbocycles. The molecule has 1 aromatic carbocycles. The van der Waals surface area contributed by atoms with Crippen LogP contribution in [0.1, 0.15) is 34.8 Å². The highest BCUT2D eigenvalue weighted by Crippen LogP contribution is 2.30. The highest BCUT2D eigenvalue weighted by Gasteiger charge is 2.31. The number of para-hydroxylation sites is 1. The van der Waals surface area contributed by atoms with Gasteiger partial charge in [0, 0.05) is 23.8 Å². The molecule has 0 radical (unpaired) electrons. The molecular formula is C23H24N4O3S. The van der Waals surface area contributed by atoms with E-state index < -0.39 is 10.0 Å². The highest BCUT2D eigenvalue weighted by molar-refractivity contribution is 7.89. The second kappa shape index (κ2) is 7.62. The normalized spacial score (nSPS) is 13.9. The van der Waals surface area contributed by atoms with Gasteiger partial charge in [-0.1, -0.05) is 18.2 Å². The van der Waals surface area contributed by atoms with Gasteiger partial charge in [0.15, 0.2) is 0 Å². The van der Waals surface area contributed by atoms with Crippen LogP contribution in [0.5, 0.6) is 0 Å². The van der Waals surface area contributed by atoms with Gasteiger partial charge in [-0.2, -0.15) is 9.40 Å². The Bertz CT molecular complexity index is 1360. The van der Waals surface area contributed by atoms with E-state index >= 15 is 0 Å². The predicted molar refractivity (Wildman–Crippen MR) is 117 cm³/mol. The van der Waals surface area contributed by atoms with E-state index in [0.29, 0.717) is 11.3 Å². The molecule has 5 rings (SSSR count). The predicted octanol–water partition coefficient (Wildman–Crippen LogP) is 3.75. The van der Waals surface area contributed by atoms with Crippen LogP contribution < -0.4 is 0 Å². The molecule has 0 amide bonds. The Hall–Kier alpha value is -2.97. The largest absolute Gasteiger partial charge is 0.468 e. The molecule has 0 unspecified atom stereocenters. The monoisotopic (exact) mass is 436 g/mol. The zero-order valence-corrected chi connectivity index (χ0v) is 18.4. The number of fused-ring (bicyclic) bond motifs is 2. The Morgan fingerprint density at radius 2 is 1.97 bits per heavy atom. The number of pyridine rings is 1. The van der Waals surface area contributed by atoms with Crippen molar-refractivity contribution in [2.75, 3.05) is 0 Å². The fourth-order valence-electron chi connectivity index (χ4n) is 4.36. The van der Waals surface area contributed by atoms with Gasteiger partial charge in [0.25, 0.3) is 0 Å². The van der Waals surface area contributed by atoms with Gasteiger partial charge in [-0.25, -0.2) is 8.42 Å². The summed E-state index contributed by atoms with van der Waals surface area (Å²) in [6, 6.07) is 12.6. The summed E-state index contributed by atoms with van der Waals surface area (Å²) >= 11 is 0. The summed E-state index contributed by atoms with van der Waals surface area (Å²) in [4.78, 5) is 4.74. The van der Waals surface area contributed by atoms with Crippen LogP contribution in [-0.2, 0) is 43.0 Å². The minimum atomic E-state index is -3.87. The van der Waals surface area contributed by atoms with Crippen molar-refractivity contribution in [1.82, 2.24) is 19.1 Å². The van der Waals surface area contributed by atoms with Crippen LogP contribution >= 0.6 is 0 Å². The van der Waals surface area contributed by atoms with E-state index in [4.69, 9.17) is 4.42 Å². The molecule has 4 aromatic rings. The van der Waals surface area contributed by atoms with Gasteiger partial charge in [-0.15, -0.1) is 0 Å². The van der Waals surface area contributed by atoms with Crippen molar-refractivity contribution < 1.29 is 12.8 Å². The average molecular weight is 437 g/mol. The lowest BCUT2D eigenvalue weighted by Gasteiger charge is -2.21. The van der Waals surface area contributed by atoms with Gasteiger partial charge in [-0.3, -0.25) is 9.67 Å². The molecule has 0 atom stereocenters. The van der Waals surface area contributed by atoms with Crippen molar-refractivity contribution in [1.29, 1.82) is 0 Å². The highest BCUT2D eigenvalue weighted by atomic mass is 32.2. The maximum Gasteiger partial charge on any atom is 0.246 e. The van der Waals surface area contributed by atoms with Gasteiger partial charge in [0.05, 0.1) is 30.6 Å². The topological polar surface area (TPSA) is 81.2 Å². The smallest absolute Gasteiger partial charge is 0.246 e.